The molecule has 1 amide bonds. The highest BCUT2D eigenvalue weighted by molar-refractivity contribution is 7.89. The highest BCUT2D eigenvalue weighted by atomic mass is 32.2. The molecule has 0 fully saturated rings. The number of hydrogen-bond donors (Lipinski definition) is 1. The summed E-state index contributed by atoms with van der Waals surface area (Å²) in [5.41, 5.74) is 4.11. The van der Waals surface area contributed by atoms with Crippen LogP contribution in [-0.2, 0) is 14.8 Å². The van der Waals surface area contributed by atoms with E-state index < -0.39 is 15.9 Å². The van der Waals surface area contributed by atoms with E-state index in [2.05, 4.69) is 10.5 Å². The van der Waals surface area contributed by atoms with Gasteiger partial charge < -0.3 is 0 Å². The van der Waals surface area contributed by atoms with Gasteiger partial charge in [-0.05, 0) is 24.6 Å². The van der Waals surface area contributed by atoms with Gasteiger partial charge in [0.05, 0.1) is 17.7 Å². The fourth-order valence-corrected chi connectivity index (χ4v) is 3.06. The zero-order chi connectivity index (χ0) is 17.6. The Bertz CT molecular complexity index is 816. The summed E-state index contributed by atoms with van der Waals surface area (Å²) in [5, 5.41) is 3.81. The van der Waals surface area contributed by atoms with Crippen molar-refractivity contribution in [3.05, 3.63) is 65.7 Å². The van der Waals surface area contributed by atoms with Crippen LogP contribution in [0, 0.1) is 6.92 Å². The second-order valence-corrected chi connectivity index (χ2v) is 7.32. The standard InChI is InChI=1S/C17H19N3O3S/c1-14-8-10-16(11-9-14)24(22,23)20(2)13-17(21)19-18-12-15-6-4-3-5-7-15/h3-12H,13H2,1-2H3,(H,19,21). The second-order valence-electron chi connectivity index (χ2n) is 5.28. The van der Waals surface area contributed by atoms with E-state index in [9.17, 15) is 13.2 Å². The number of likely N-dealkylation sites (N-methyl/N-ethyl adjacent to an activating group) is 1. The zero-order valence-corrected chi connectivity index (χ0v) is 14.3. The number of benzene rings is 2. The first-order valence-electron chi connectivity index (χ1n) is 7.29. The van der Waals surface area contributed by atoms with Crippen LogP contribution in [0.4, 0.5) is 0 Å². The minimum Gasteiger partial charge on any atom is -0.272 e. The van der Waals surface area contributed by atoms with Gasteiger partial charge in [0.25, 0.3) is 5.91 Å². The van der Waals surface area contributed by atoms with Crippen molar-refractivity contribution in [1.29, 1.82) is 0 Å². The van der Waals surface area contributed by atoms with Gasteiger partial charge in [-0.25, -0.2) is 13.8 Å². The number of carbonyl (C=O) groups excluding carboxylic acids is 1. The Morgan fingerprint density at radius 1 is 1.12 bits per heavy atom. The minimum atomic E-state index is -3.71. The largest absolute Gasteiger partial charge is 0.272 e. The average Bonchev–Trinajstić information content (AvgIpc) is 2.56. The lowest BCUT2D eigenvalue weighted by atomic mass is 10.2. The van der Waals surface area contributed by atoms with E-state index in [0.29, 0.717) is 0 Å². The summed E-state index contributed by atoms with van der Waals surface area (Å²) >= 11 is 0. The zero-order valence-electron chi connectivity index (χ0n) is 13.5. The van der Waals surface area contributed by atoms with Crippen LogP contribution in [0.5, 0.6) is 0 Å². The summed E-state index contributed by atoms with van der Waals surface area (Å²) < 4.78 is 25.8. The summed E-state index contributed by atoms with van der Waals surface area (Å²) in [5.74, 6) is -0.514. The number of nitrogens with zero attached hydrogens (tertiary/aromatic N) is 2. The van der Waals surface area contributed by atoms with Gasteiger partial charge in [0.2, 0.25) is 10.0 Å². The van der Waals surface area contributed by atoms with E-state index in [0.717, 1.165) is 15.4 Å². The van der Waals surface area contributed by atoms with Crippen molar-refractivity contribution in [2.75, 3.05) is 13.6 Å². The summed E-state index contributed by atoms with van der Waals surface area (Å²) in [7, 11) is -2.35. The van der Waals surface area contributed by atoms with Gasteiger partial charge in [0.1, 0.15) is 0 Å². The molecule has 0 radical (unpaired) electrons. The van der Waals surface area contributed by atoms with Crippen molar-refractivity contribution in [1.82, 2.24) is 9.73 Å². The normalized spacial score (nSPS) is 11.8. The summed E-state index contributed by atoms with van der Waals surface area (Å²) in [6, 6.07) is 15.7. The summed E-state index contributed by atoms with van der Waals surface area (Å²) in [6.07, 6.45) is 1.49. The van der Waals surface area contributed by atoms with Crippen LogP contribution in [0.1, 0.15) is 11.1 Å². The number of hydrazone groups is 1. The van der Waals surface area contributed by atoms with Gasteiger partial charge in [0, 0.05) is 7.05 Å². The third kappa shape index (κ3) is 4.74. The van der Waals surface area contributed by atoms with Crippen molar-refractivity contribution >= 4 is 22.1 Å². The van der Waals surface area contributed by atoms with Crippen LogP contribution >= 0.6 is 0 Å². The molecule has 24 heavy (non-hydrogen) atoms. The number of aryl methyl sites for hydroxylation is 1. The van der Waals surface area contributed by atoms with E-state index in [-0.39, 0.29) is 11.4 Å². The number of hydrogen-bond acceptors (Lipinski definition) is 4. The molecule has 0 saturated heterocycles. The molecule has 0 aliphatic rings. The summed E-state index contributed by atoms with van der Waals surface area (Å²) in [6.45, 7) is 1.56. The van der Waals surface area contributed by atoms with Crippen LogP contribution in [-0.4, -0.2) is 38.4 Å². The molecule has 0 bridgehead atoms. The van der Waals surface area contributed by atoms with Gasteiger partial charge in [0.15, 0.2) is 0 Å². The van der Waals surface area contributed by atoms with Crippen LogP contribution in [0.3, 0.4) is 0 Å². The molecule has 2 aromatic rings. The number of rotatable bonds is 6. The highest BCUT2D eigenvalue weighted by Crippen LogP contribution is 2.14. The fourth-order valence-electron chi connectivity index (χ4n) is 1.93. The summed E-state index contributed by atoms with van der Waals surface area (Å²) in [4.78, 5) is 12.0. The van der Waals surface area contributed by atoms with Crippen molar-refractivity contribution in [3.63, 3.8) is 0 Å². The molecule has 0 aliphatic heterocycles. The highest BCUT2D eigenvalue weighted by Gasteiger charge is 2.22. The molecular formula is C17H19N3O3S. The number of nitrogens with one attached hydrogen (secondary N) is 1. The topological polar surface area (TPSA) is 78.8 Å². The Morgan fingerprint density at radius 3 is 2.38 bits per heavy atom. The molecule has 2 rings (SSSR count). The Kier molecular flexibility index (Phi) is 5.83. The third-order valence-electron chi connectivity index (χ3n) is 3.30. The van der Waals surface area contributed by atoms with E-state index in [4.69, 9.17) is 0 Å². The van der Waals surface area contributed by atoms with E-state index in [1.807, 2.05) is 37.3 Å². The molecule has 2 aromatic carbocycles. The monoisotopic (exact) mass is 345 g/mol. The predicted molar refractivity (Wildman–Crippen MR) is 93.2 cm³/mol. The first kappa shape index (κ1) is 17.8. The lowest BCUT2D eigenvalue weighted by Crippen LogP contribution is -2.36. The molecule has 0 aromatic heterocycles. The molecule has 0 spiro atoms. The number of amides is 1. The fraction of sp³-hybridized carbons (Fsp3) is 0.176. The van der Waals surface area contributed by atoms with Gasteiger partial charge >= 0.3 is 0 Å². The maximum absolute atomic E-state index is 12.4. The Labute approximate surface area is 141 Å². The Balaban J connectivity index is 1.95. The van der Waals surface area contributed by atoms with Gasteiger partial charge in [-0.15, -0.1) is 0 Å². The molecule has 0 unspecified atom stereocenters. The molecule has 126 valence electrons. The van der Waals surface area contributed by atoms with Crippen molar-refractivity contribution < 1.29 is 13.2 Å². The maximum Gasteiger partial charge on any atom is 0.255 e. The third-order valence-corrected chi connectivity index (χ3v) is 5.12. The number of sulfonamides is 1. The average molecular weight is 345 g/mol. The van der Waals surface area contributed by atoms with Crippen molar-refractivity contribution in [3.8, 4) is 0 Å². The second kappa shape index (κ2) is 7.85. The van der Waals surface area contributed by atoms with Gasteiger partial charge in [-0.3, -0.25) is 4.79 Å². The quantitative estimate of drug-likeness (QED) is 0.640. The lowest BCUT2D eigenvalue weighted by Gasteiger charge is -2.16. The van der Waals surface area contributed by atoms with Crippen molar-refractivity contribution in [2.45, 2.75) is 11.8 Å². The molecular weight excluding hydrogens is 326 g/mol. The van der Waals surface area contributed by atoms with Crippen LogP contribution < -0.4 is 5.43 Å². The Hall–Kier alpha value is -2.51. The van der Waals surface area contributed by atoms with Crippen LogP contribution in [0.15, 0.2) is 64.6 Å². The first-order chi connectivity index (χ1) is 11.4. The molecule has 0 aliphatic carbocycles. The van der Waals surface area contributed by atoms with Gasteiger partial charge in [-0.2, -0.15) is 9.41 Å². The predicted octanol–water partition coefficient (Wildman–Crippen LogP) is 1.77. The number of carbonyl (C=O) groups is 1. The molecule has 0 atom stereocenters. The lowest BCUT2D eigenvalue weighted by molar-refractivity contribution is -0.121. The first-order valence-corrected chi connectivity index (χ1v) is 8.73. The molecule has 6 nitrogen and oxygen atoms in total. The molecule has 0 saturated carbocycles. The molecule has 7 heteroatoms. The van der Waals surface area contributed by atoms with E-state index in [1.165, 1.54) is 25.4 Å². The van der Waals surface area contributed by atoms with E-state index >= 15 is 0 Å². The van der Waals surface area contributed by atoms with Crippen LogP contribution in [0.2, 0.25) is 0 Å². The van der Waals surface area contributed by atoms with Gasteiger partial charge in [-0.1, -0.05) is 48.0 Å². The SMILES string of the molecule is Cc1ccc(S(=O)(=O)N(C)CC(=O)NN=Cc2ccccc2)cc1. The minimum absolute atomic E-state index is 0.149. The molecule has 1 N–H and O–H groups in total. The smallest absolute Gasteiger partial charge is 0.255 e. The van der Waals surface area contributed by atoms with E-state index in [1.54, 1.807) is 12.1 Å². The molecule has 0 heterocycles. The van der Waals surface area contributed by atoms with Crippen LogP contribution in [0.25, 0.3) is 0 Å². The van der Waals surface area contributed by atoms with Crippen molar-refractivity contribution in [2.24, 2.45) is 5.10 Å². The maximum atomic E-state index is 12.4. The Morgan fingerprint density at radius 2 is 1.75 bits per heavy atom.